The molecule has 0 amide bonds. The molecule has 0 saturated heterocycles. The Morgan fingerprint density at radius 3 is 1.04 bits per heavy atom. The van der Waals surface area contributed by atoms with Crippen LogP contribution in [0.5, 0.6) is 0 Å². The van der Waals surface area contributed by atoms with Crippen molar-refractivity contribution in [2.45, 2.75) is 354 Å². The molecule has 2 unspecified atom stereocenters. The largest absolute Gasteiger partial charge is 0.477 e. The minimum atomic E-state index is -1.51. The van der Waals surface area contributed by atoms with Gasteiger partial charge in [0.1, 0.15) is 13.2 Å². The smallest absolute Gasteiger partial charge is 0.361 e. The van der Waals surface area contributed by atoms with Crippen molar-refractivity contribution in [1.82, 2.24) is 0 Å². The van der Waals surface area contributed by atoms with Gasteiger partial charge < -0.3 is 28.5 Å². The highest BCUT2D eigenvalue weighted by molar-refractivity contribution is 5.71. The molecule has 9 nitrogen and oxygen atoms in total. The Morgan fingerprint density at radius 2 is 0.695 bits per heavy atom. The molecule has 0 saturated carbocycles. The molecule has 480 valence electrons. The van der Waals surface area contributed by atoms with Crippen LogP contribution < -0.4 is 0 Å². The van der Waals surface area contributed by atoms with Gasteiger partial charge in [-0.15, -0.1) is 0 Å². The van der Waals surface area contributed by atoms with Gasteiger partial charge in [0, 0.05) is 12.8 Å². The van der Waals surface area contributed by atoms with Crippen molar-refractivity contribution in [2.24, 2.45) is 0 Å². The molecule has 0 radical (unpaired) electrons. The van der Waals surface area contributed by atoms with Gasteiger partial charge in [-0.3, -0.25) is 9.59 Å². The predicted octanol–water partition coefficient (Wildman–Crippen LogP) is 21.8. The number of quaternary nitrogens is 1. The Hall–Kier alpha value is -2.75. The van der Waals surface area contributed by atoms with Crippen LogP contribution in [-0.2, 0) is 33.3 Å². The standard InChI is InChI=1S/C73H135NO8/c1-6-8-10-12-14-16-18-20-22-24-26-28-29-30-31-32-33-34-35-36-37-38-39-40-41-42-43-44-46-48-50-52-54-56-58-60-62-64-71(76)82-69(68-81-73(72(77)78)79-66-65-74(3,4)5)67-80-70(75)63-61-59-57-55-53-51-49-47-45-27-25-23-21-19-17-15-13-11-9-7-2/h8,10,14,16,20,22,26,28,69,73H,6-7,9,11-13,15,17-19,21,23-25,27,29-68H2,1-5H3/p+1/b10-8-,16-14-,22-20-,28-26-. The van der Waals surface area contributed by atoms with Gasteiger partial charge in [0.05, 0.1) is 34.4 Å². The first-order valence-corrected chi connectivity index (χ1v) is 35.3. The van der Waals surface area contributed by atoms with Gasteiger partial charge in [0.2, 0.25) is 0 Å². The first-order chi connectivity index (χ1) is 40.1. The summed E-state index contributed by atoms with van der Waals surface area (Å²) in [5, 5.41) is 9.74. The van der Waals surface area contributed by atoms with E-state index in [4.69, 9.17) is 18.9 Å². The zero-order valence-electron chi connectivity index (χ0n) is 54.9. The maximum Gasteiger partial charge on any atom is 0.361 e. The monoisotopic (exact) mass is 1160 g/mol. The maximum atomic E-state index is 12.9. The Balaban J connectivity index is 3.99. The Morgan fingerprint density at radius 1 is 0.378 bits per heavy atom. The first kappa shape index (κ1) is 79.2. The summed E-state index contributed by atoms with van der Waals surface area (Å²) < 4.78 is 23.0. The molecule has 0 spiro atoms. The minimum Gasteiger partial charge on any atom is -0.477 e. The number of allylic oxidation sites excluding steroid dienone is 8. The number of hydrogen-bond acceptors (Lipinski definition) is 7. The van der Waals surface area contributed by atoms with Gasteiger partial charge >= 0.3 is 17.9 Å². The highest BCUT2D eigenvalue weighted by Crippen LogP contribution is 2.19. The highest BCUT2D eigenvalue weighted by atomic mass is 16.7. The third kappa shape index (κ3) is 64.8. The molecule has 2 atom stereocenters. The van der Waals surface area contributed by atoms with Crippen molar-refractivity contribution < 1.29 is 42.9 Å². The number of carbonyl (C=O) groups excluding carboxylic acids is 2. The summed E-state index contributed by atoms with van der Waals surface area (Å²) in [6.07, 6.45) is 79.5. The van der Waals surface area contributed by atoms with E-state index in [-0.39, 0.29) is 38.2 Å². The molecule has 0 aliphatic rings. The molecule has 82 heavy (non-hydrogen) atoms. The number of hydrogen-bond donors (Lipinski definition) is 1. The van der Waals surface area contributed by atoms with E-state index in [9.17, 15) is 19.5 Å². The lowest BCUT2D eigenvalue weighted by atomic mass is 10.0. The molecule has 1 N–H and O–H groups in total. The van der Waals surface area contributed by atoms with Gasteiger partial charge in [0.15, 0.2) is 6.10 Å². The van der Waals surface area contributed by atoms with Gasteiger partial charge in [0.25, 0.3) is 6.29 Å². The van der Waals surface area contributed by atoms with Crippen molar-refractivity contribution in [3.8, 4) is 0 Å². The lowest BCUT2D eigenvalue weighted by Gasteiger charge is -2.25. The van der Waals surface area contributed by atoms with E-state index in [1.165, 1.54) is 250 Å². The fraction of sp³-hybridized carbons (Fsp3) is 0.849. The van der Waals surface area contributed by atoms with Crippen molar-refractivity contribution in [3.05, 3.63) is 48.6 Å². The number of carboxylic acid groups (broad SMARTS) is 1. The zero-order chi connectivity index (χ0) is 59.8. The number of aliphatic carboxylic acids is 1. The number of ether oxygens (including phenoxy) is 4. The van der Waals surface area contributed by atoms with Crippen LogP contribution in [0.4, 0.5) is 0 Å². The summed E-state index contributed by atoms with van der Waals surface area (Å²) in [5.74, 6) is -1.97. The summed E-state index contributed by atoms with van der Waals surface area (Å²) in [6, 6.07) is 0. The van der Waals surface area contributed by atoms with E-state index in [2.05, 4.69) is 62.5 Å². The Kier molecular flexibility index (Phi) is 62.1. The zero-order valence-corrected chi connectivity index (χ0v) is 54.9. The molecule has 0 aromatic carbocycles. The molecule has 0 heterocycles. The highest BCUT2D eigenvalue weighted by Gasteiger charge is 2.25. The third-order valence-corrected chi connectivity index (χ3v) is 15.8. The number of carbonyl (C=O) groups is 3. The average Bonchev–Trinajstić information content (AvgIpc) is 3.47. The van der Waals surface area contributed by atoms with Crippen molar-refractivity contribution in [3.63, 3.8) is 0 Å². The maximum absolute atomic E-state index is 12.9. The van der Waals surface area contributed by atoms with E-state index in [0.29, 0.717) is 17.4 Å². The van der Waals surface area contributed by atoms with E-state index < -0.39 is 18.4 Å². The number of nitrogens with zero attached hydrogens (tertiary/aromatic N) is 1. The van der Waals surface area contributed by atoms with Gasteiger partial charge in [-0.25, -0.2) is 4.79 Å². The predicted molar refractivity (Wildman–Crippen MR) is 350 cm³/mol. The Labute approximate surface area is 508 Å². The second-order valence-corrected chi connectivity index (χ2v) is 25.2. The van der Waals surface area contributed by atoms with Crippen LogP contribution in [0.1, 0.15) is 341 Å². The van der Waals surface area contributed by atoms with Crippen LogP contribution >= 0.6 is 0 Å². The second-order valence-electron chi connectivity index (χ2n) is 25.2. The summed E-state index contributed by atoms with van der Waals surface area (Å²) in [7, 11) is 5.99. The van der Waals surface area contributed by atoms with Gasteiger partial charge in [-0.2, -0.15) is 0 Å². The number of esters is 2. The van der Waals surface area contributed by atoms with E-state index in [0.717, 1.165) is 64.2 Å². The van der Waals surface area contributed by atoms with Crippen molar-refractivity contribution in [2.75, 3.05) is 47.5 Å². The molecule has 0 aromatic rings. The fourth-order valence-electron chi connectivity index (χ4n) is 10.5. The van der Waals surface area contributed by atoms with Gasteiger partial charge in [-0.05, 0) is 51.4 Å². The van der Waals surface area contributed by atoms with Crippen LogP contribution in [-0.4, -0.2) is 87.4 Å². The molecule has 9 heteroatoms. The normalized spacial score (nSPS) is 12.9. The number of likely N-dealkylation sites (N-methyl/N-ethyl adjacent to an activating group) is 1. The molecular formula is C73H136NO8+. The molecule has 0 fully saturated rings. The van der Waals surface area contributed by atoms with E-state index >= 15 is 0 Å². The summed E-state index contributed by atoms with van der Waals surface area (Å²) in [5.41, 5.74) is 0. The molecule has 0 rings (SSSR count). The second kappa shape index (κ2) is 64.3. The molecule has 0 bridgehead atoms. The van der Waals surface area contributed by atoms with Crippen LogP contribution in [0.3, 0.4) is 0 Å². The Bertz CT molecular complexity index is 1480. The summed E-state index contributed by atoms with van der Waals surface area (Å²) in [4.78, 5) is 37.6. The fourth-order valence-corrected chi connectivity index (χ4v) is 10.5. The summed E-state index contributed by atoms with van der Waals surface area (Å²) in [6.45, 7) is 4.83. The van der Waals surface area contributed by atoms with Gasteiger partial charge in [-0.1, -0.05) is 326 Å². The number of rotatable bonds is 66. The van der Waals surface area contributed by atoms with Crippen LogP contribution in [0.15, 0.2) is 48.6 Å². The topological polar surface area (TPSA) is 108 Å². The molecule has 0 aromatic heterocycles. The number of unbranched alkanes of at least 4 members (excludes halogenated alkanes) is 43. The van der Waals surface area contributed by atoms with Crippen LogP contribution in [0.25, 0.3) is 0 Å². The minimum absolute atomic E-state index is 0.175. The number of carboxylic acids is 1. The van der Waals surface area contributed by atoms with Crippen LogP contribution in [0.2, 0.25) is 0 Å². The lowest BCUT2D eigenvalue weighted by Crippen LogP contribution is -2.40. The van der Waals surface area contributed by atoms with Crippen LogP contribution in [0, 0.1) is 0 Å². The first-order valence-electron chi connectivity index (χ1n) is 35.3. The molecular weight excluding hydrogens is 1020 g/mol. The summed E-state index contributed by atoms with van der Waals surface area (Å²) >= 11 is 0. The lowest BCUT2D eigenvalue weighted by molar-refractivity contribution is -0.870. The third-order valence-electron chi connectivity index (χ3n) is 15.8. The van der Waals surface area contributed by atoms with Crippen molar-refractivity contribution >= 4 is 17.9 Å². The van der Waals surface area contributed by atoms with Crippen molar-refractivity contribution in [1.29, 1.82) is 0 Å². The van der Waals surface area contributed by atoms with E-state index in [1.807, 2.05) is 21.1 Å². The molecule has 0 aliphatic carbocycles. The SMILES string of the molecule is CC/C=C\C/C=C\C/C=C\C/C=C\CCCCCCCCCCCCCCCCCCCCCCCCCCC(=O)OC(COC(=O)CCCCCCCCCCCCCCCCCCCCCC)COC(OCC[N+](C)(C)C)C(=O)O. The molecule has 0 aliphatic heterocycles. The average molecular weight is 1160 g/mol. The van der Waals surface area contributed by atoms with E-state index in [1.54, 1.807) is 0 Å². The quantitative estimate of drug-likeness (QED) is 0.0211.